The predicted molar refractivity (Wildman–Crippen MR) is 115 cm³/mol. The number of primary amides is 1. The molecule has 1 unspecified atom stereocenters. The van der Waals surface area contributed by atoms with Crippen LogP contribution in [-0.4, -0.2) is 47.9 Å². The minimum atomic E-state index is -0.216. The van der Waals surface area contributed by atoms with Crippen molar-refractivity contribution >= 4 is 23.2 Å². The maximum Gasteiger partial charge on any atom is 0.217 e. The van der Waals surface area contributed by atoms with Crippen LogP contribution in [-0.2, 0) is 11.2 Å². The summed E-state index contributed by atoms with van der Waals surface area (Å²) in [5, 5.41) is 6.56. The fraction of sp³-hybridized carbons (Fsp3) is 0.476. The van der Waals surface area contributed by atoms with Gasteiger partial charge in [0.15, 0.2) is 5.96 Å². The van der Waals surface area contributed by atoms with E-state index in [0.717, 1.165) is 61.1 Å². The number of amides is 1. The summed E-state index contributed by atoms with van der Waals surface area (Å²) in [6.07, 6.45) is 3.39. The van der Waals surface area contributed by atoms with Crippen molar-refractivity contribution in [1.29, 1.82) is 0 Å². The van der Waals surface area contributed by atoms with Crippen molar-refractivity contribution in [2.24, 2.45) is 16.6 Å². The zero-order chi connectivity index (χ0) is 19.8. The Kier molecular flexibility index (Phi) is 7.42. The van der Waals surface area contributed by atoms with Gasteiger partial charge in [0.25, 0.3) is 0 Å². The number of aromatic nitrogens is 1. The Morgan fingerprint density at radius 3 is 2.96 bits per heavy atom. The monoisotopic (exact) mass is 399 g/mol. The number of rotatable bonds is 7. The summed E-state index contributed by atoms with van der Waals surface area (Å²) < 4.78 is 0. The molecule has 1 aliphatic rings. The molecule has 0 saturated carbocycles. The third-order valence-electron chi connectivity index (χ3n) is 4.85. The molecule has 1 saturated heterocycles. The average Bonchev–Trinajstić information content (AvgIpc) is 3.17. The topological polar surface area (TPSA) is 83.6 Å². The first-order valence-corrected chi connectivity index (χ1v) is 10.8. The van der Waals surface area contributed by atoms with Crippen LogP contribution in [0, 0.1) is 5.92 Å². The molecule has 28 heavy (non-hydrogen) atoms. The number of benzene rings is 1. The third-order valence-corrected chi connectivity index (χ3v) is 5.79. The molecule has 3 rings (SSSR count). The van der Waals surface area contributed by atoms with E-state index in [1.54, 1.807) is 11.3 Å². The maximum atomic E-state index is 11.3. The third kappa shape index (κ3) is 5.79. The Morgan fingerprint density at radius 1 is 1.39 bits per heavy atom. The van der Waals surface area contributed by atoms with Crippen molar-refractivity contribution in [3.05, 3.63) is 41.4 Å². The molecule has 0 radical (unpaired) electrons. The molecule has 1 fully saturated rings. The van der Waals surface area contributed by atoms with E-state index >= 15 is 0 Å². The fourth-order valence-corrected chi connectivity index (χ4v) is 4.41. The molecule has 1 aliphatic heterocycles. The second-order valence-electron chi connectivity index (χ2n) is 7.12. The highest BCUT2D eigenvalue weighted by Crippen LogP contribution is 2.23. The van der Waals surface area contributed by atoms with E-state index in [2.05, 4.69) is 34.7 Å². The van der Waals surface area contributed by atoms with Gasteiger partial charge in [-0.2, -0.15) is 0 Å². The summed E-state index contributed by atoms with van der Waals surface area (Å²) in [6, 6.07) is 10.3. The number of nitrogens with zero attached hydrogens (tertiary/aromatic N) is 3. The number of guanidine groups is 1. The minimum absolute atomic E-state index is 0.216. The Balaban J connectivity index is 1.59. The zero-order valence-corrected chi connectivity index (χ0v) is 17.3. The fourth-order valence-electron chi connectivity index (χ4n) is 3.55. The lowest BCUT2D eigenvalue weighted by atomic mass is 9.95. The molecule has 2 aromatic rings. The molecule has 0 spiro atoms. The van der Waals surface area contributed by atoms with Crippen LogP contribution in [0.1, 0.15) is 31.9 Å². The first-order chi connectivity index (χ1) is 13.7. The quantitative estimate of drug-likeness (QED) is 0.554. The van der Waals surface area contributed by atoms with Gasteiger partial charge in [-0.1, -0.05) is 30.3 Å². The average molecular weight is 400 g/mol. The van der Waals surface area contributed by atoms with E-state index in [4.69, 9.17) is 15.7 Å². The number of piperidine rings is 1. The summed E-state index contributed by atoms with van der Waals surface area (Å²) in [7, 11) is 0. The molecule has 2 heterocycles. The maximum absolute atomic E-state index is 11.3. The summed E-state index contributed by atoms with van der Waals surface area (Å²) in [6.45, 7) is 5.40. The number of aliphatic imine (C=N–C) groups is 1. The Labute approximate surface area is 170 Å². The van der Waals surface area contributed by atoms with Crippen LogP contribution in [0.5, 0.6) is 0 Å². The molecule has 0 aliphatic carbocycles. The lowest BCUT2D eigenvalue weighted by Crippen LogP contribution is -2.47. The van der Waals surface area contributed by atoms with Crippen LogP contribution in [0.2, 0.25) is 0 Å². The van der Waals surface area contributed by atoms with Crippen molar-refractivity contribution in [1.82, 2.24) is 15.2 Å². The summed E-state index contributed by atoms with van der Waals surface area (Å²) >= 11 is 1.68. The van der Waals surface area contributed by atoms with Crippen molar-refractivity contribution in [2.75, 3.05) is 26.2 Å². The van der Waals surface area contributed by atoms with E-state index in [9.17, 15) is 4.79 Å². The van der Waals surface area contributed by atoms with Crippen LogP contribution in [0.15, 0.2) is 40.7 Å². The van der Waals surface area contributed by atoms with Crippen LogP contribution in [0.25, 0.3) is 10.6 Å². The normalized spacial score (nSPS) is 17.5. The summed E-state index contributed by atoms with van der Waals surface area (Å²) in [4.78, 5) is 23.1. The van der Waals surface area contributed by atoms with Gasteiger partial charge in [-0.25, -0.2) is 4.98 Å². The van der Waals surface area contributed by atoms with E-state index in [-0.39, 0.29) is 5.91 Å². The number of carbonyl (C=O) groups is 1. The summed E-state index contributed by atoms with van der Waals surface area (Å²) in [5.41, 5.74) is 7.62. The largest absolute Gasteiger partial charge is 0.370 e. The Bertz CT molecular complexity index is 789. The molecule has 3 N–H and O–H groups in total. The van der Waals surface area contributed by atoms with Gasteiger partial charge >= 0.3 is 0 Å². The Hall–Kier alpha value is -2.41. The molecule has 1 aromatic carbocycles. The van der Waals surface area contributed by atoms with E-state index in [1.807, 2.05) is 18.2 Å². The first-order valence-electron chi connectivity index (χ1n) is 9.97. The molecule has 1 aromatic heterocycles. The van der Waals surface area contributed by atoms with Gasteiger partial charge in [-0.05, 0) is 25.7 Å². The Morgan fingerprint density at radius 2 is 2.21 bits per heavy atom. The minimum Gasteiger partial charge on any atom is -0.370 e. The van der Waals surface area contributed by atoms with Crippen molar-refractivity contribution in [3.63, 3.8) is 0 Å². The second kappa shape index (κ2) is 10.2. The standard InChI is InChI=1S/C21H29N5OS/c1-2-23-21(26-12-6-7-16(14-26)13-19(22)27)24-11-10-18-15-28-20(25-18)17-8-4-3-5-9-17/h3-5,8-9,15-16H,2,6-7,10-14H2,1H3,(H2,22,27)(H,23,24). The van der Waals surface area contributed by atoms with Gasteiger partial charge in [0.1, 0.15) is 5.01 Å². The van der Waals surface area contributed by atoms with E-state index in [0.29, 0.717) is 18.9 Å². The molecule has 0 bridgehead atoms. The van der Waals surface area contributed by atoms with Crippen molar-refractivity contribution in [2.45, 2.75) is 32.6 Å². The molecule has 1 atom stereocenters. The van der Waals surface area contributed by atoms with Crippen LogP contribution < -0.4 is 11.1 Å². The molecule has 6 nitrogen and oxygen atoms in total. The van der Waals surface area contributed by atoms with Gasteiger partial charge in [-0.3, -0.25) is 9.79 Å². The van der Waals surface area contributed by atoms with Crippen LogP contribution in [0.4, 0.5) is 0 Å². The van der Waals surface area contributed by atoms with Gasteiger partial charge in [-0.15, -0.1) is 11.3 Å². The molecule has 7 heteroatoms. The van der Waals surface area contributed by atoms with Gasteiger partial charge in [0.05, 0.1) is 5.69 Å². The number of hydrogen-bond donors (Lipinski definition) is 2. The number of thiazole rings is 1. The highest BCUT2D eigenvalue weighted by atomic mass is 32.1. The highest BCUT2D eigenvalue weighted by Gasteiger charge is 2.23. The number of carbonyl (C=O) groups excluding carboxylic acids is 1. The van der Waals surface area contributed by atoms with Crippen LogP contribution in [0.3, 0.4) is 0 Å². The molecule has 1 amide bonds. The van der Waals surface area contributed by atoms with E-state index in [1.165, 1.54) is 0 Å². The number of hydrogen-bond acceptors (Lipinski definition) is 4. The highest BCUT2D eigenvalue weighted by molar-refractivity contribution is 7.13. The molecule has 150 valence electrons. The lowest BCUT2D eigenvalue weighted by Gasteiger charge is -2.34. The van der Waals surface area contributed by atoms with Crippen molar-refractivity contribution < 1.29 is 4.79 Å². The van der Waals surface area contributed by atoms with Crippen LogP contribution >= 0.6 is 11.3 Å². The smallest absolute Gasteiger partial charge is 0.217 e. The van der Waals surface area contributed by atoms with Gasteiger partial charge in [0, 0.05) is 50.0 Å². The number of nitrogens with one attached hydrogen (secondary N) is 1. The lowest BCUT2D eigenvalue weighted by molar-refractivity contribution is -0.119. The first kappa shape index (κ1) is 20.3. The second-order valence-corrected chi connectivity index (χ2v) is 7.98. The number of likely N-dealkylation sites (tertiary alicyclic amines) is 1. The SMILES string of the molecule is CCNC(=NCCc1csc(-c2ccccc2)n1)N1CCCC(CC(N)=O)C1. The zero-order valence-electron chi connectivity index (χ0n) is 16.4. The molecular weight excluding hydrogens is 370 g/mol. The molecular formula is C21H29N5OS. The predicted octanol–water partition coefficient (Wildman–Crippen LogP) is 2.91. The van der Waals surface area contributed by atoms with Gasteiger partial charge < -0.3 is 16.0 Å². The van der Waals surface area contributed by atoms with E-state index < -0.39 is 0 Å². The van der Waals surface area contributed by atoms with Crippen molar-refractivity contribution in [3.8, 4) is 10.6 Å². The number of nitrogens with two attached hydrogens (primary N) is 1. The van der Waals surface area contributed by atoms with Gasteiger partial charge in [0.2, 0.25) is 5.91 Å². The summed E-state index contributed by atoms with van der Waals surface area (Å²) in [5.74, 6) is 1.03.